The molecule has 2 heterocycles. The quantitative estimate of drug-likeness (QED) is 0.876. The number of benzene rings is 1. The third-order valence-corrected chi connectivity index (χ3v) is 4.34. The van der Waals surface area contributed by atoms with Crippen molar-refractivity contribution in [2.75, 3.05) is 0 Å². The highest BCUT2D eigenvalue weighted by Crippen LogP contribution is 2.41. The number of aliphatic hydroxyl groups is 1. The second-order valence-electron chi connectivity index (χ2n) is 7.35. The monoisotopic (exact) mass is 355 g/mol. The minimum absolute atomic E-state index is 0.0692. The predicted molar refractivity (Wildman–Crippen MR) is 94.2 cm³/mol. The van der Waals surface area contributed by atoms with E-state index in [0.29, 0.717) is 11.3 Å². The number of amides is 1. The van der Waals surface area contributed by atoms with E-state index in [4.69, 9.17) is 4.42 Å². The van der Waals surface area contributed by atoms with Gasteiger partial charge in [0, 0.05) is 5.41 Å². The van der Waals surface area contributed by atoms with E-state index in [2.05, 4.69) is 0 Å². The van der Waals surface area contributed by atoms with Crippen LogP contribution in [-0.4, -0.2) is 26.8 Å². The average Bonchev–Trinajstić information content (AvgIpc) is 3.17. The van der Waals surface area contributed by atoms with Crippen molar-refractivity contribution in [2.45, 2.75) is 33.4 Å². The first kappa shape index (κ1) is 17.8. The summed E-state index contributed by atoms with van der Waals surface area (Å²) in [6, 6.07) is 8.93. The van der Waals surface area contributed by atoms with Gasteiger partial charge in [-0.15, -0.1) is 0 Å². The molecule has 1 amide bonds. The summed E-state index contributed by atoms with van der Waals surface area (Å²) in [5.41, 5.74) is -0.0708. The van der Waals surface area contributed by atoms with Gasteiger partial charge in [-0.3, -0.25) is 9.59 Å². The molecule has 1 aromatic carbocycles. The summed E-state index contributed by atoms with van der Waals surface area (Å²) >= 11 is 0. The maximum absolute atomic E-state index is 13.0. The lowest BCUT2D eigenvalue weighted by atomic mass is 9.82. The summed E-state index contributed by atoms with van der Waals surface area (Å²) < 4.78 is 5.33. The fourth-order valence-corrected chi connectivity index (χ4v) is 3.03. The number of aliphatic hydroxyl groups excluding tert-OH is 1. The number of nitrogens with zero attached hydrogens (tertiary/aromatic N) is 1. The van der Waals surface area contributed by atoms with Crippen LogP contribution in [0.4, 0.5) is 0 Å². The minimum atomic E-state index is -0.764. The van der Waals surface area contributed by atoms with Crippen LogP contribution in [0.5, 0.6) is 5.75 Å². The summed E-state index contributed by atoms with van der Waals surface area (Å²) in [5, 5.41) is 20.0. The predicted octanol–water partition coefficient (Wildman–Crippen LogP) is 3.50. The lowest BCUT2D eigenvalue weighted by Gasteiger charge is -2.28. The van der Waals surface area contributed by atoms with Gasteiger partial charge in [-0.2, -0.15) is 0 Å². The third kappa shape index (κ3) is 3.10. The minimum Gasteiger partial charge on any atom is -0.508 e. The largest absolute Gasteiger partial charge is 0.508 e. The van der Waals surface area contributed by atoms with Gasteiger partial charge in [0.2, 0.25) is 0 Å². The second-order valence-corrected chi connectivity index (χ2v) is 7.35. The van der Waals surface area contributed by atoms with Gasteiger partial charge in [-0.25, -0.2) is 0 Å². The van der Waals surface area contributed by atoms with Crippen LogP contribution >= 0.6 is 0 Å². The van der Waals surface area contributed by atoms with Gasteiger partial charge < -0.3 is 19.5 Å². The van der Waals surface area contributed by atoms with Crippen molar-refractivity contribution in [3.8, 4) is 5.75 Å². The molecule has 2 aromatic rings. The van der Waals surface area contributed by atoms with Crippen LogP contribution in [0.3, 0.4) is 0 Å². The molecule has 6 heteroatoms. The number of rotatable bonds is 4. The molecular formula is C20H21NO5. The molecular weight excluding hydrogens is 334 g/mol. The van der Waals surface area contributed by atoms with Crippen molar-refractivity contribution in [2.24, 2.45) is 5.41 Å². The number of phenolic OH excluding ortho intramolecular Hbond substituents is 1. The Morgan fingerprint density at radius 2 is 1.81 bits per heavy atom. The molecule has 1 aliphatic rings. The summed E-state index contributed by atoms with van der Waals surface area (Å²) in [7, 11) is 0. The van der Waals surface area contributed by atoms with Gasteiger partial charge in [-0.1, -0.05) is 32.9 Å². The van der Waals surface area contributed by atoms with Crippen molar-refractivity contribution in [1.82, 2.24) is 4.90 Å². The standard InChI is InChI=1S/C20H21NO5/c1-20(2,3)18(24)15-16(12-6-8-13(22)9-7-12)21(19(25)17(15)23)11-14-5-4-10-26-14/h4-10,16,22-23H,11H2,1-3H3. The Balaban J connectivity index is 2.09. The molecule has 0 fully saturated rings. The molecule has 0 radical (unpaired) electrons. The number of furan rings is 1. The van der Waals surface area contributed by atoms with Crippen LogP contribution in [-0.2, 0) is 16.1 Å². The Labute approximate surface area is 151 Å². The summed E-state index contributed by atoms with van der Waals surface area (Å²) in [5.74, 6) is -0.836. The van der Waals surface area contributed by atoms with Gasteiger partial charge in [0.05, 0.1) is 24.4 Å². The van der Waals surface area contributed by atoms with Gasteiger partial charge in [-0.05, 0) is 29.8 Å². The maximum atomic E-state index is 13.0. The molecule has 1 unspecified atom stereocenters. The number of carbonyl (C=O) groups excluding carboxylic acids is 2. The molecule has 0 spiro atoms. The first-order chi connectivity index (χ1) is 12.2. The van der Waals surface area contributed by atoms with Gasteiger partial charge in [0.1, 0.15) is 11.5 Å². The van der Waals surface area contributed by atoms with Crippen molar-refractivity contribution in [1.29, 1.82) is 0 Å². The van der Waals surface area contributed by atoms with Crippen LogP contribution in [0.25, 0.3) is 0 Å². The second kappa shape index (κ2) is 6.37. The zero-order chi connectivity index (χ0) is 19.1. The molecule has 0 saturated carbocycles. The zero-order valence-corrected chi connectivity index (χ0v) is 14.9. The Hall–Kier alpha value is -3.02. The number of carbonyl (C=O) groups is 2. The Kier molecular flexibility index (Phi) is 4.36. The number of Topliss-reactive ketones (excluding diaryl/α,β-unsaturated/α-hetero) is 1. The summed E-state index contributed by atoms with van der Waals surface area (Å²) in [4.78, 5) is 27.1. The highest BCUT2D eigenvalue weighted by molar-refractivity contribution is 6.10. The van der Waals surface area contributed by atoms with Crippen LogP contribution in [0.1, 0.15) is 38.1 Å². The number of ketones is 1. The smallest absolute Gasteiger partial charge is 0.290 e. The van der Waals surface area contributed by atoms with Gasteiger partial charge in [0.25, 0.3) is 5.91 Å². The summed E-state index contributed by atoms with van der Waals surface area (Å²) in [6.45, 7) is 5.33. The Bertz CT molecular complexity index is 857. The van der Waals surface area contributed by atoms with Crippen molar-refractivity contribution < 1.29 is 24.2 Å². The van der Waals surface area contributed by atoms with Crippen molar-refractivity contribution in [3.63, 3.8) is 0 Å². The first-order valence-corrected chi connectivity index (χ1v) is 8.30. The van der Waals surface area contributed by atoms with E-state index in [1.165, 1.54) is 23.3 Å². The maximum Gasteiger partial charge on any atom is 0.290 e. The summed E-state index contributed by atoms with van der Waals surface area (Å²) in [6.07, 6.45) is 1.50. The van der Waals surface area contributed by atoms with Crippen LogP contribution in [0.2, 0.25) is 0 Å². The van der Waals surface area contributed by atoms with Crippen molar-refractivity contribution in [3.05, 3.63) is 65.3 Å². The SMILES string of the molecule is CC(C)(C)C(=O)C1=C(O)C(=O)N(Cc2ccco2)C1c1ccc(O)cc1. The van der Waals surface area contributed by atoms with E-state index in [9.17, 15) is 19.8 Å². The zero-order valence-electron chi connectivity index (χ0n) is 14.9. The van der Waals surface area contributed by atoms with E-state index < -0.39 is 23.1 Å². The molecule has 0 bridgehead atoms. The molecule has 0 aliphatic carbocycles. The first-order valence-electron chi connectivity index (χ1n) is 8.30. The fourth-order valence-electron chi connectivity index (χ4n) is 3.03. The molecule has 3 rings (SSSR count). The van der Waals surface area contributed by atoms with Crippen LogP contribution < -0.4 is 0 Å². The van der Waals surface area contributed by atoms with Crippen molar-refractivity contribution >= 4 is 11.7 Å². The van der Waals surface area contributed by atoms with E-state index >= 15 is 0 Å². The Morgan fingerprint density at radius 1 is 1.15 bits per heavy atom. The molecule has 26 heavy (non-hydrogen) atoms. The highest BCUT2D eigenvalue weighted by atomic mass is 16.3. The van der Waals surface area contributed by atoms with Gasteiger partial charge >= 0.3 is 0 Å². The number of hydrogen-bond donors (Lipinski definition) is 2. The number of phenols is 1. The molecule has 1 aromatic heterocycles. The lowest BCUT2D eigenvalue weighted by Crippen LogP contribution is -2.32. The molecule has 1 aliphatic heterocycles. The molecule has 0 saturated heterocycles. The van der Waals surface area contributed by atoms with E-state index in [-0.39, 0.29) is 23.7 Å². The highest BCUT2D eigenvalue weighted by Gasteiger charge is 2.46. The van der Waals surface area contributed by atoms with E-state index in [1.54, 1.807) is 45.0 Å². The number of hydrogen-bond acceptors (Lipinski definition) is 5. The fraction of sp³-hybridized carbons (Fsp3) is 0.300. The van der Waals surface area contributed by atoms with Crippen LogP contribution in [0.15, 0.2) is 58.4 Å². The topological polar surface area (TPSA) is 91.0 Å². The lowest BCUT2D eigenvalue weighted by molar-refractivity contribution is -0.130. The average molecular weight is 355 g/mol. The van der Waals surface area contributed by atoms with E-state index in [0.717, 1.165) is 0 Å². The van der Waals surface area contributed by atoms with Crippen LogP contribution in [0, 0.1) is 5.41 Å². The van der Waals surface area contributed by atoms with E-state index in [1.807, 2.05) is 0 Å². The molecule has 136 valence electrons. The molecule has 6 nitrogen and oxygen atoms in total. The molecule has 2 N–H and O–H groups in total. The molecule has 1 atom stereocenters. The van der Waals surface area contributed by atoms with Gasteiger partial charge in [0.15, 0.2) is 11.5 Å². The third-order valence-electron chi connectivity index (χ3n) is 4.34. The number of aromatic hydroxyl groups is 1. The normalized spacial score (nSPS) is 17.9. The Morgan fingerprint density at radius 3 is 2.35 bits per heavy atom.